The lowest BCUT2D eigenvalue weighted by Gasteiger charge is -2.18. The van der Waals surface area contributed by atoms with Gasteiger partial charge in [-0.15, -0.1) is 11.3 Å². The number of hydrogen-bond acceptors (Lipinski definition) is 3. The zero-order valence-electron chi connectivity index (χ0n) is 9.65. The molecule has 1 rings (SSSR count). The number of nitrogens with zero attached hydrogens (tertiary/aromatic N) is 1. The van der Waals surface area contributed by atoms with Crippen molar-refractivity contribution in [2.24, 2.45) is 0 Å². The molecule has 0 radical (unpaired) electrons. The van der Waals surface area contributed by atoms with Gasteiger partial charge in [-0.2, -0.15) is 0 Å². The lowest BCUT2D eigenvalue weighted by molar-refractivity contribution is 0.160. The van der Waals surface area contributed by atoms with Crippen LogP contribution in [0.5, 0.6) is 0 Å². The van der Waals surface area contributed by atoms with Crippen LogP contribution in [0.2, 0.25) is 0 Å². The van der Waals surface area contributed by atoms with Gasteiger partial charge < -0.3 is 10.0 Å². The monoisotopic (exact) mass is 227 g/mol. The average molecular weight is 227 g/mol. The van der Waals surface area contributed by atoms with Crippen LogP contribution in [0.4, 0.5) is 0 Å². The fourth-order valence-electron chi connectivity index (χ4n) is 1.67. The van der Waals surface area contributed by atoms with E-state index in [1.54, 1.807) is 11.3 Å². The van der Waals surface area contributed by atoms with Crippen molar-refractivity contribution in [3.8, 4) is 0 Å². The number of rotatable bonds is 7. The molecule has 1 aromatic rings. The molecular formula is C12H21NOS. The molecule has 2 nitrogen and oxygen atoms in total. The number of aliphatic hydroxyl groups is 1. The van der Waals surface area contributed by atoms with E-state index in [0.29, 0.717) is 0 Å². The van der Waals surface area contributed by atoms with Gasteiger partial charge in [-0.25, -0.2) is 0 Å². The minimum Gasteiger partial charge on any atom is -0.388 e. The van der Waals surface area contributed by atoms with Crippen molar-refractivity contribution in [2.45, 2.75) is 32.8 Å². The number of aliphatic hydroxyl groups excluding tert-OH is 1. The molecule has 0 aromatic carbocycles. The van der Waals surface area contributed by atoms with E-state index in [1.165, 1.54) is 0 Å². The largest absolute Gasteiger partial charge is 0.388 e. The second kappa shape index (κ2) is 6.99. The van der Waals surface area contributed by atoms with E-state index >= 15 is 0 Å². The van der Waals surface area contributed by atoms with Crippen LogP contribution in [0, 0.1) is 0 Å². The highest BCUT2D eigenvalue weighted by Gasteiger charge is 2.08. The summed E-state index contributed by atoms with van der Waals surface area (Å²) in [5, 5.41) is 11.9. The zero-order valence-corrected chi connectivity index (χ0v) is 10.5. The molecule has 0 unspecified atom stereocenters. The first-order valence-electron chi connectivity index (χ1n) is 5.71. The molecule has 0 saturated carbocycles. The summed E-state index contributed by atoms with van der Waals surface area (Å²) in [6.07, 6.45) is 1.68. The topological polar surface area (TPSA) is 23.5 Å². The smallest absolute Gasteiger partial charge is 0.0882 e. The van der Waals surface area contributed by atoms with Crippen LogP contribution < -0.4 is 0 Å². The molecule has 0 fully saturated rings. The van der Waals surface area contributed by atoms with E-state index in [2.05, 4.69) is 18.7 Å². The molecule has 1 heterocycles. The van der Waals surface area contributed by atoms with Gasteiger partial charge in [0.2, 0.25) is 0 Å². The summed E-state index contributed by atoms with van der Waals surface area (Å²) in [5.74, 6) is 0. The predicted octanol–water partition coefficient (Wildman–Crippen LogP) is 2.90. The van der Waals surface area contributed by atoms with Gasteiger partial charge in [-0.1, -0.05) is 19.9 Å². The lowest BCUT2D eigenvalue weighted by atomic mass is 10.1. The normalized spacial score (nSPS) is 13.3. The molecule has 1 aromatic heterocycles. The van der Waals surface area contributed by atoms with Crippen molar-refractivity contribution in [1.29, 1.82) is 0 Å². The molecule has 3 heteroatoms. The molecule has 1 atom stereocenters. The minimum absolute atomic E-state index is 0.263. The van der Waals surface area contributed by atoms with Crippen molar-refractivity contribution in [1.82, 2.24) is 4.90 Å². The first-order valence-corrected chi connectivity index (χ1v) is 6.59. The van der Waals surface area contributed by atoms with Crippen LogP contribution in [-0.2, 0) is 0 Å². The fraction of sp³-hybridized carbons (Fsp3) is 0.667. The maximum Gasteiger partial charge on any atom is 0.0882 e. The Kier molecular flexibility index (Phi) is 5.91. The number of thiophene rings is 1. The Balaban J connectivity index is 2.20. The van der Waals surface area contributed by atoms with Gasteiger partial charge in [0.1, 0.15) is 0 Å². The Morgan fingerprint density at radius 2 is 2.13 bits per heavy atom. The van der Waals surface area contributed by atoms with Crippen LogP contribution in [0.3, 0.4) is 0 Å². The quantitative estimate of drug-likeness (QED) is 0.774. The van der Waals surface area contributed by atoms with E-state index in [1.807, 2.05) is 17.5 Å². The Morgan fingerprint density at radius 1 is 1.40 bits per heavy atom. The Morgan fingerprint density at radius 3 is 2.67 bits per heavy atom. The van der Waals surface area contributed by atoms with Crippen molar-refractivity contribution in [3.05, 3.63) is 22.4 Å². The highest BCUT2D eigenvalue weighted by atomic mass is 32.1. The lowest BCUT2D eigenvalue weighted by Crippen LogP contribution is -2.24. The molecule has 15 heavy (non-hydrogen) atoms. The first-order chi connectivity index (χ1) is 7.27. The molecule has 1 N–H and O–H groups in total. The SMILES string of the molecule is CCN(CC)CCC[C@H](O)c1cccs1. The standard InChI is InChI=1S/C12H21NOS/c1-3-13(4-2)9-5-7-11(14)12-8-6-10-15-12/h6,8,10-11,14H,3-5,7,9H2,1-2H3/t11-/m0/s1. The zero-order chi connectivity index (χ0) is 11.1. The van der Waals surface area contributed by atoms with Crippen molar-refractivity contribution in [3.63, 3.8) is 0 Å². The Hall–Kier alpha value is -0.380. The summed E-state index contributed by atoms with van der Waals surface area (Å²) in [6.45, 7) is 7.66. The van der Waals surface area contributed by atoms with Crippen molar-refractivity contribution < 1.29 is 5.11 Å². The Labute approximate surface area is 96.5 Å². The molecule has 86 valence electrons. The van der Waals surface area contributed by atoms with E-state index in [0.717, 1.165) is 37.4 Å². The van der Waals surface area contributed by atoms with Crippen LogP contribution in [0.15, 0.2) is 17.5 Å². The van der Waals surface area contributed by atoms with Gasteiger partial charge in [-0.3, -0.25) is 0 Å². The second-order valence-corrected chi connectivity index (χ2v) is 4.68. The van der Waals surface area contributed by atoms with Gasteiger partial charge >= 0.3 is 0 Å². The summed E-state index contributed by atoms with van der Waals surface area (Å²) in [5.41, 5.74) is 0. The molecule has 0 bridgehead atoms. The summed E-state index contributed by atoms with van der Waals surface area (Å²) in [6, 6.07) is 4.00. The molecular weight excluding hydrogens is 206 g/mol. The van der Waals surface area contributed by atoms with E-state index in [4.69, 9.17) is 0 Å². The van der Waals surface area contributed by atoms with Crippen molar-refractivity contribution >= 4 is 11.3 Å². The van der Waals surface area contributed by atoms with E-state index in [-0.39, 0.29) is 6.10 Å². The summed E-state index contributed by atoms with van der Waals surface area (Å²) in [4.78, 5) is 3.48. The molecule has 0 spiro atoms. The molecule has 0 aliphatic rings. The molecule has 0 aliphatic heterocycles. The number of hydrogen-bond donors (Lipinski definition) is 1. The maximum absolute atomic E-state index is 9.86. The molecule has 0 amide bonds. The average Bonchev–Trinajstić information content (AvgIpc) is 2.77. The molecule has 0 saturated heterocycles. The van der Waals surface area contributed by atoms with E-state index in [9.17, 15) is 5.11 Å². The third-order valence-electron chi connectivity index (χ3n) is 2.72. The first kappa shape index (κ1) is 12.7. The fourth-order valence-corrected chi connectivity index (χ4v) is 2.42. The predicted molar refractivity (Wildman–Crippen MR) is 66.3 cm³/mol. The second-order valence-electron chi connectivity index (χ2n) is 3.70. The summed E-state index contributed by atoms with van der Waals surface area (Å²) in [7, 11) is 0. The maximum atomic E-state index is 9.86. The van der Waals surface area contributed by atoms with E-state index < -0.39 is 0 Å². The molecule has 0 aliphatic carbocycles. The highest BCUT2D eigenvalue weighted by molar-refractivity contribution is 7.10. The minimum atomic E-state index is -0.263. The van der Waals surface area contributed by atoms with Gasteiger partial charge in [0.25, 0.3) is 0 Å². The third kappa shape index (κ3) is 4.33. The van der Waals surface area contributed by atoms with Crippen LogP contribution in [0.25, 0.3) is 0 Å². The highest BCUT2D eigenvalue weighted by Crippen LogP contribution is 2.22. The van der Waals surface area contributed by atoms with Crippen LogP contribution in [0.1, 0.15) is 37.7 Å². The van der Waals surface area contributed by atoms with Gasteiger partial charge in [-0.05, 0) is 43.9 Å². The van der Waals surface area contributed by atoms with Gasteiger partial charge in [0.05, 0.1) is 6.10 Å². The summed E-state index contributed by atoms with van der Waals surface area (Å²) >= 11 is 1.64. The summed E-state index contributed by atoms with van der Waals surface area (Å²) < 4.78 is 0. The Bertz CT molecular complexity index is 244. The van der Waals surface area contributed by atoms with Gasteiger partial charge in [0.15, 0.2) is 0 Å². The van der Waals surface area contributed by atoms with Gasteiger partial charge in [0, 0.05) is 4.88 Å². The van der Waals surface area contributed by atoms with Crippen LogP contribution >= 0.6 is 11.3 Å². The third-order valence-corrected chi connectivity index (χ3v) is 3.69. The van der Waals surface area contributed by atoms with Crippen LogP contribution in [-0.4, -0.2) is 29.6 Å². The van der Waals surface area contributed by atoms with Crippen molar-refractivity contribution in [2.75, 3.05) is 19.6 Å².